The number of hydrogen-bond donors (Lipinski definition) is 2. The van der Waals surface area contributed by atoms with Crippen molar-refractivity contribution in [3.05, 3.63) is 18.2 Å². The SMILES string of the molecule is OCCC(CCCC1CCCCC1)c1c[nH]cn1. The third-order valence-electron chi connectivity index (χ3n) is 4.30. The number of nitrogens with zero attached hydrogens (tertiary/aromatic N) is 1. The molecule has 3 nitrogen and oxygen atoms in total. The molecule has 1 aliphatic rings. The topological polar surface area (TPSA) is 48.9 Å². The molecule has 3 heteroatoms. The Balaban J connectivity index is 1.72. The first-order valence-electron chi connectivity index (χ1n) is 7.49. The Morgan fingerprint density at radius 1 is 1.28 bits per heavy atom. The lowest BCUT2D eigenvalue weighted by Crippen LogP contribution is -2.08. The highest BCUT2D eigenvalue weighted by Crippen LogP contribution is 2.30. The Bertz CT molecular complexity index is 304. The molecule has 102 valence electrons. The van der Waals surface area contributed by atoms with Gasteiger partial charge in [-0.1, -0.05) is 44.9 Å². The normalized spacial score (nSPS) is 18.9. The molecule has 0 aromatic carbocycles. The van der Waals surface area contributed by atoms with E-state index in [2.05, 4.69) is 9.97 Å². The third kappa shape index (κ3) is 4.13. The Labute approximate surface area is 110 Å². The zero-order valence-corrected chi connectivity index (χ0v) is 11.3. The highest BCUT2D eigenvalue weighted by molar-refractivity contribution is 5.03. The van der Waals surface area contributed by atoms with E-state index in [0.717, 1.165) is 18.0 Å². The Kier molecular flexibility index (Phi) is 5.72. The van der Waals surface area contributed by atoms with Gasteiger partial charge in [-0.3, -0.25) is 0 Å². The van der Waals surface area contributed by atoms with Crippen LogP contribution in [0.5, 0.6) is 0 Å². The summed E-state index contributed by atoms with van der Waals surface area (Å²) in [6.07, 6.45) is 15.6. The van der Waals surface area contributed by atoms with Gasteiger partial charge in [0, 0.05) is 18.7 Å². The standard InChI is InChI=1S/C15H26N2O/c18-10-9-14(15-11-16-12-17-15)8-4-7-13-5-2-1-3-6-13/h11-14,18H,1-10H2,(H,16,17). The van der Waals surface area contributed by atoms with Gasteiger partial charge >= 0.3 is 0 Å². The van der Waals surface area contributed by atoms with Gasteiger partial charge in [0.25, 0.3) is 0 Å². The number of H-pyrrole nitrogens is 1. The maximum atomic E-state index is 9.15. The van der Waals surface area contributed by atoms with Crippen molar-refractivity contribution in [1.29, 1.82) is 0 Å². The second kappa shape index (κ2) is 7.57. The van der Waals surface area contributed by atoms with Crippen LogP contribution >= 0.6 is 0 Å². The second-order valence-electron chi connectivity index (χ2n) is 5.64. The van der Waals surface area contributed by atoms with Gasteiger partial charge in [0.05, 0.1) is 12.0 Å². The second-order valence-corrected chi connectivity index (χ2v) is 5.64. The molecule has 1 aromatic heterocycles. The van der Waals surface area contributed by atoms with Crippen LogP contribution in [0.15, 0.2) is 12.5 Å². The lowest BCUT2D eigenvalue weighted by molar-refractivity contribution is 0.266. The zero-order valence-electron chi connectivity index (χ0n) is 11.3. The highest BCUT2D eigenvalue weighted by atomic mass is 16.3. The summed E-state index contributed by atoms with van der Waals surface area (Å²) >= 11 is 0. The fraction of sp³-hybridized carbons (Fsp3) is 0.800. The number of hydrogen-bond acceptors (Lipinski definition) is 2. The highest BCUT2D eigenvalue weighted by Gasteiger charge is 2.16. The van der Waals surface area contributed by atoms with Crippen LogP contribution in [0, 0.1) is 5.92 Å². The summed E-state index contributed by atoms with van der Waals surface area (Å²) in [6.45, 7) is 0.265. The molecule has 0 saturated heterocycles. The molecular weight excluding hydrogens is 224 g/mol. The van der Waals surface area contributed by atoms with Crippen molar-refractivity contribution in [3.8, 4) is 0 Å². The van der Waals surface area contributed by atoms with Crippen LogP contribution < -0.4 is 0 Å². The summed E-state index contributed by atoms with van der Waals surface area (Å²) < 4.78 is 0. The van der Waals surface area contributed by atoms with E-state index in [0.29, 0.717) is 5.92 Å². The molecule has 0 radical (unpaired) electrons. The lowest BCUT2D eigenvalue weighted by Gasteiger charge is -2.22. The fourth-order valence-corrected chi connectivity index (χ4v) is 3.22. The van der Waals surface area contributed by atoms with Crippen LogP contribution in [-0.2, 0) is 0 Å². The number of aromatic amines is 1. The first-order chi connectivity index (χ1) is 8.90. The lowest BCUT2D eigenvalue weighted by atomic mass is 9.84. The van der Waals surface area contributed by atoms with Crippen LogP contribution in [0.1, 0.15) is 69.4 Å². The van der Waals surface area contributed by atoms with Gasteiger partial charge in [0.2, 0.25) is 0 Å². The monoisotopic (exact) mass is 250 g/mol. The van der Waals surface area contributed by atoms with Gasteiger partial charge in [-0.05, 0) is 18.8 Å². The number of aromatic nitrogens is 2. The Morgan fingerprint density at radius 2 is 2.11 bits per heavy atom. The maximum absolute atomic E-state index is 9.15. The van der Waals surface area contributed by atoms with Gasteiger partial charge in [0.1, 0.15) is 0 Å². The predicted molar refractivity (Wildman–Crippen MR) is 73.5 cm³/mol. The molecule has 2 rings (SSSR count). The van der Waals surface area contributed by atoms with Crippen molar-refractivity contribution in [2.75, 3.05) is 6.61 Å². The van der Waals surface area contributed by atoms with Crippen LogP contribution in [0.25, 0.3) is 0 Å². The van der Waals surface area contributed by atoms with E-state index in [9.17, 15) is 0 Å². The largest absolute Gasteiger partial charge is 0.396 e. The van der Waals surface area contributed by atoms with E-state index in [1.54, 1.807) is 6.33 Å². The van der Waals surface area contributed by atoms with E-state index in [1.165, 1.54) is 51.4 Å². The van der Waals surface area contributed by atoms with Gasteiger partial charge in [-0.25, -0.2) is 4.98 Å². The fourth-order valence-electron chi connectivity index (χ4n) is 3.22. The van der Waals surface area contributed by atoms with Crippen molar-refractivity contribution in [2.24, 2.45) is 5.92 Å². The quantitative estimate of drug-likeness (QED) is 0.776. The molecule has 0 bridgehead atoms. The van der Waals surface area contributed by atoms with Crippen LogP contribution in [0.2, 0.25) is 0 Å². The van der Waals surface area contributed by atoms with Gasteiger partial charge in [-0.2, -0.15) is 0 Å². The van der Waals surface area contributed by atoms with Gasteiger partial charge in [-0.15, -0.1) is 0 Å². The molecule has 1 saturated carbocycles. The van der Waals surface area contributed by atoms with Crippen LogP contribution in [-0.4, -0.2) is 21.7 Å². The molecule has 0 amide bonds. The molecule has 0 aliphatic heterocycles. The summed E-state index contributed by atoms with van der Waals surface area (Å²) in [5, 5.41) is 9.15. The smallest absolute Gasteiger partial charge is 0.0923 e. The number of aliphatic hydroxyl groups excluding tert-OH is 1. The number of rotatable bonds is 7. The van der Waals surface area contributed by atoms with Gasteiger partial charge < -0.3 is 10.1 Å². The molecule has 1 fully saturated rings. The minimum absolute atomic E-state index is 0.265. The minimum atomic E-state index is 0.265. The Morgan fingerprint density at radius 3 is 2.78 bits per heavy atom. The van der Waals surface area contributed by atoms with E-state index < -0.39 is 0 Å². The van der Waals surface area contributed by atoms with E-state index in [1.807, 2.05) is 6.20 Å². The third-order valence-corrected chi connectivity index (χ3v) is 4.30. The zero-order chi connectivity index (χ0) is 12.6. The molecule has 0 spiro atoms. The molecule has 1 unspecified atom stereocenters. The van der Waals surface area contributed by atoms with Crippen molar-refractivity contribution in [2.45, 2.75) is 63.7 Å². The van der Waals surface area contributed by atoms with Crippen LogP contribution in [0.4, 0.5) is 0 Å². The molecule has 2 N–H and O–H groups in total. The summed E-state index contributed by atoms with van der Waals surface area (Å²) in [6, 6.07) is 0. The summed E-state index contributed by atoms with van der Waals surface area (Å²) in [4.78, 5) is 7.35. The molecular formula is C15H26N2O. The first-order valence-corrected chi connectivity index (χ1v) is 7.49. The van der Waals surface area contributed by atoms with E-state index in [4.69, 9.17) is 5.11 Å². The van der Waals surface area contributed by atoms with Crippen molar-refractivity contribution >= 4 is 0 Å². The van der Waals surface area contributed by atoms with Crippen molar-refractivity contribution < 1.29 is 5.11 Å². The molecule has 1 heterocycles. The van der Waals surface area contributed by atoms with Crippen molar-refractivity contribution in [1.82, 2.24) is 9.97 Å². The van der Waals surface area contributed by atoms with Crippen LogP contribution in [0.3, 0.4) is 0 Å². The predicted octanol–water partition coefficient (Wildman–Crippen LogP) is 3.63. The number of nitrogens with one attached hydrogen (secondary N) is 1. The molecule has 18 heavy (non-hydrogen) atoms. The minimum Gasteiger partial charge on any atom is -0.396 e. The summed E-state index contributed by atoms with van der Waals surface area (Å²) in [7, 11) is 0. The first kappa shape index (κ1) is 13.6. The molecule has 1 aliphatic carbocycles. The average Bonchev–Trinajstić information content (AvgIpc) is 2.93. The maximum Gasteiger partial charge on any atom is 0.0923 e. The average molecular weight is 250 g/mol. The Hall–Kier alpha value is -0.830. The van der Waals surface area contributed by atoms with E-state index in [-0.39, 0.29) is 6.61 Å². The number of aliphatic hydroxyl groups is 1. The summed E-state index contributed by atoms with van der Waals surface area (Å²) in [5.41, 5.74) is 1.12. The summed E-state index contributed by atoms with van der Waals surface area (Å²) in [5.74, 6) is 1.40. The number of imidazole rings is 1. The molecule has 1 atom stereocenters. The molecule has 1 aromatic rings. The van der Waals surface area contributed by atoms with Gasteiger partial charge in [0.15, 0.2) is 0 Å². The van der Waals surface area contributed by atoms with E-state index >= 15 is 0 Å². The van der Waals surface area contributed by atoms with Crippen molar-refractivity contribution in [3.63, 3.8) is 0 Å².